The van der Waals surface area contributed by atoms with E-state index in [0.29, 0.717) is 16.6 Å². The lowest BCUT2D eigenvalue weighted by Crippen LogP contribution is -2.12. The van der Waals surface area contributed by atoms with Gasteiger partial charge in [-0.3, -0.25) is 9.59 Å². The first-order valence-electron chi connectivity index (χ1n) is 5.01. The maximum atomic E-state index is 11.7. The van der Waals surface area contributed by atoms with E-state index in [4.69, 9.17) is 4.42 Å². The smallest absolute Gasteiger partial charge is 0.336 e. The van der Waals surface area contributed by atoms with E-state index in [9.17, 15) is 14.4 Å². The molecule has 1 amide bonds. The van der Waals surface area contributed by atoms with Crippen molar-refractivity contribution in [2.75, 3.05) is 5.32 Å². The third-order valence-corrected chi connectivity index (χ3v) is 2.80. The third kappa shape index (κ3) is 1.22. The molecule has 0 unspecified atom stereocenters. The summed E-state index contributed by atoms with van der Waals surface area (Å²) in [7, 11) is 0. The first kappa shape index (κ1) is 9.77. The first-order chi connectivity index (χ1) is 8.08. The average Bonchev–Trinajstić information content (AvgIpc) is 2.54. The second kappa shape index (κ2) is 3.04. The van der Waals surface area contributed by atoms with Crippen LogP contribution in [0, 0.1) is 6.92 Å². The summed E-state index contributed by atoms with van der Waals surface area (Å²) < 4.78 is 5.04. The summed E-state index contributed by atoms with van der Waals surface area (Å²) in [4.78, 5) is 34.2. The van der Waals surface area contributed by atoms with Crippen LogP contribution in [0.4, 0.5) is 5.69 Å². The standard InChI is InChI=1S/C12H7NO4/c1-5-4-8(14)17-11-6(5)2-3-7-9(11)10(15)12(16)13-7/h2-4H,1H3,(H,13,15,16). The van der Waals surface area contributed by atoms with Crippen molar-refractivity contribution in [1.29, 1.82) is 0 Å². The molecule has 84 valence electrons. The molecule has 0 bridgehead atoms. The minimum absolute atomic E-state index is 0.147. The fourth-order valence-corrected chi connectivity index (χ4v) is 2.01. The maximum absolute atomic E-state index is 11.7. The van der Waals surface area contributed by atoms with E-state index >= 15 is 0 Å². The van der Waals surface area contributed by atoms with E-state index in [-0.39, 0.29) is 11.1 Å². The summed E-state index contributed by atoms with van der Waals surface area (Å²) in [5.74, 6) is -1.36. The van der Waals surface area contributed by atoms with E-state index in [1.165, 1.54) is 6.07 Å². The Bertz CT molecular complexity index is 742. The van der Waals surface area contributed by atoms with Crippen LogP contribution < -0.4 is 10.9 Å². The Balaban J connectivity index is 2.52. The molecular weight excluding hydrogens is 222 g/mol. The number of fused-ring (bicyclic) bond motifs is 3. The average molecular weight is 229 g/mol. The Kier molecular flexibility index (Phi) is 1.75. The molecule has 2 heterocycles. The highest BCUT2D eigenvalue weighted by Gasteiger charge is 2.31. The van der Waals surface area contributed by atoms with Gasteiger partial charge in [-0.05, 0) is 24.6 Å². The minimum Gasteiger partial charge on any atom is -0.422 e. The van der Waals surface area contributed by atoms with Gasteiger partial charge in [0.2, 0.25) is 0 Å². The number of aryl methyl sites for hydroxylation is 1. The highest BCUT2D eigenvalue weighted by atomic mass is 16.4. The van der Waals surface area contributed by atoms with Crippen molar-refractivity contribution < 1.29 is 14.0 Å². The van der Waals surface area contributed by atoms with Crippen molar-refractivity contribution in [3.8, 4) is 0 Å². The van der Waals surface area contributed by atoms with Crippen LogP contribution >= 0.6 is 0 Å². The van der Waals surface area contributed by atoms with Gasteiger partial charge in [-0.25, -0.2) is 4.79 Å². The van der Waals surface area contributed by atoms with Crippen molar-refractivity contribution in [1.82, 2.24) is 0 Å². The SMILES string of the molecule is Cc1cc(=O)oc2c3c(ccc12)NC(=O)C3=O. The van der Waals surface area contributed by atoms with Crippen LogP contribution in [0.1, 0.15) is 15.9 Å². The first-order valence-corrected chi connectivity index (χ1v) is 5.01. The van der Waals surface area contributed by atoms with Crippen molar-refractivity contribution in [2.24, 2.45) is 0 Å². The van der Waals surface area contributed by atoms with Crippen LogP contribution in [-0.4, -0.2) is 11.7 Å². The van der Waals surface area contributed by atoms with Crippen LogP contribution in [0.15, 0.2) is 27.4 Å². The molecule has 0 saturated heterocycles. The lowest BCUT2D eigenvalue weighted by molar-refractivity contribution is -0.112. The Hall–Kier alpha value is -2.43. The molecule has 0 radical (unpaired) electrons. The van der Waals surface area contributed by atoms with Gasteiger partial charge in [-0.15, -0.1) is 0 Å². The number of Topliss-reactive ketones (excluding diaryl/α,β-unsaturated/α-hetero) is 1. The van der Waals surface area contributed by atoms with Crippen LogP contribution in [0.25, 0.3) is 11.0 Å². The van der Waals surface area contributed by atoms with E-state index in [1.807, 2.05) is 0 Å². The topological polar surface area (TPSA) is 76.4 Å². The van der Waals surface area contributed by atoms with Gasteiger partial charge in [0.15, 0.2) is 5.58 Å². The van der Waals surface area contributed by atoms with Crippen molar-refractivity contribution in [2.45, 2.75) is 6.92 Å². The highest BCUT2D eigenvalue weighted by Crippen LogP contribution is 2.31. The molecule has 17 heavy (non-hydrogen) atoms. The molecule has 1 N–H and O–H groups in total. The quantitative estimate of drug-likeness (QED) is 0.544. The van der Waals surface area contributed by atoms with E-state index in [2.05, 4.69) is 5.32 Å². The maximum Gasteiger partial charge on any atom is 0.336 e. The summed E-state index contributed by atoms with van der Waals surface area (Å²) in [6, 6.07) is 4.70. The molecule has 1 aromatic carbocycles. The molecule has 1 aliphatic rings. The summed E-state index contributed by atoms with van der Waals surface area (Å²) in [6.45, 7) is 1.75. The fourth-order valence-electron chi connectivity index (χ4n) is 2.01. The number of hydrogen-bond donors (Lipinski definition) is 1. The van der Waals surface area contributed by atoms with Crippen LogP contribution in [0.3, 0.4) is 0 Å². The summed E-state index contributed by atoms with van der Waals surface area (Å²) in [5.41, 5.74) is 0.896. The zero-order chi connectivity index (χ0) is 12.2. The van der Waals surface area contributed by atoms with Gasteiger partial charge in [-0.1, -0.05) is 0 Å². The van der Waals surface area contributed by atoms with Crippen molar-refractivity contribution in [3.63, 3.8) is 0 Å². The Morgan fingerprint density at radius 2 is 1.94 bits per heavy atom. The second-order valence-electron chi connectivity index (χ2n) is 3.90. The van der Waals surface area contributed by atoms with Gasteiger partial charge in [-0.2, -0.15) is 0 Å². The zero-order valence-electron chi connectivity index (χ0n) is 8.87. The Morgan fingerprint density at radius 1 is 1.18 bits per heavy atom. The largest absolute Gasteiger partial charge is 0.422 e. The predicted molar refractivity (Wildman–Crippen MR) is 60.2 cm³/mol. The molecule has 0 fully saturated rings. The number of carbonyl (C=O) groups excluding carboxylic acids is 2. The van der Waals surface area contributed by atoms with E-state index in [0.717, 1.165) is 0 Å². The monoisotopic (exact) mass is 229 g/mol. The molecule has 3 rings (SSSR count). The van der Waals surface area contributed by atoms with Crippen molar-refractivity contribution >= 4 is 28.3 Å². The number of amides is 1. The zero-order valence-corrected chi connectivity index (χ0v) is 8.87. The molecule has 5 nitrogen and oxygen atoms in total. The lowest BCUT2D eigenvalue weighted by atomic mass is 10.0. The number of hydrogen-bond acceptors (Lipinski definition) is 4. The molecule has 5 heteroatoms. The highest BCUT2D eigenvalue weighted by molar-refractivity contribution is 6.53. The summed E-state index contributed by atoms with van der Waals surface area (Å²) in [6.07, 6.45) is 0. The van der Waals surface area contributed by atoms with Gasteiger partial charge in [0.1, 0.15) is 0 Å². The summed E-state index contributed by atoms with van der Waals surface area (Å²) >= 11 is 0. The third-order valence-electron chi connectivity index (χ3n) is 2.80. The lowest BCUT2D eigenvalue weighted by Gasteiger charge is -2.03. The van der Waals surface area contributed by atoms with E-state index < -0.39 is 17.3 Å². The van der Waals surface area contributed by atoms with E-state index in [1.54, 1.807) is 19.1 Å². The molecule has 0 spiro atoms. The molecule has 0 saturated carbocycles. The number of nitrogens with one attached hydrogen (secondary N) is 1. The molecule has 1 aromatic heterocycles. The molecule has 0 aliphatic carbocycles. The Morgan fingerprint density at radius 3 is 2.71 bits per heavy atom. The van der Waals surface area contributed by atoms with Gasteiger partial charge >= 0.3 is 5.63 Å². The molecule has 2 aromatic rings. The number of rotatable bonds is 0. The number of anilines is 1. The van der Waals surface area contributed by atoms with Gasteiger partial charge in [0.05, 0.1) is 11.3 Å². The van der Waals surface area contributed by atoms with Crippen LogP contribution in [0.2, 0.25) is 0 Å². The predicted octanol–water partition coefficient (Wildman–Crippen LogP) is 1.24. The summed E-state index contributed by atoms with van der Waals surface area (Å²) in [5, 5.41) is 3.09. The molecule has 0 atom stereocenters. The normalized spacial score (nSPS) is 13.9. The van der Waals surface area contributed by atoms with Gasteiger partial charge < -0.3 is 9.73 Å². The fraction of sp³-hybridized carbons (Fsp3) is 0.0833. The van der Waals surface area contributed by atoms with Gasteiger partial charge in [0.25, 0.3) is 11.7 Å². The minimum atomic E-state index is -0.698. The number of carbonyl (C=O) groups is 2. The van der Waals surface area contributed by atoms with Crippen molar-refractivity contribution in [3.05, 3.63) is 39.7 Å². The number of benzene rings is 1. The molecule has 1 aliphatic heterocycles. The second-order valence-corrected chi connectivity index (χ2v) is 3.90. The Labute approximate surface area is 95.0 Å². The molecular formula is C12H7NO4. The number of ketones is 1. The van der Waals surface area contributed by atoms with Gasteiger partial charge in [0, 0.05) is 11.5 Å². The van der Waals surface area contributed by atoms with Crippen LogP contribution in [-0.2, 0) is 4.79 Å². The van der Waals surface area contributed by atoms with Crippen LogP contribution in [0.5, 0.6) is 0 Å².